The highest BCUT2D eigenvalue weighted by atomic mass is 16.3. The molecular weight excluding hydrogens is 308 g/mol. The minimum atomic E-state index is 0.406. The number of rotatable bonds is 5. The van der Waals surface area contributed by atoms with Crippen LogP contribution in [-0.2, 0) is 0 Å². The van der Waals surface area contributed by atoms with Crippen molar-refractivity contribution in [3.05, 3.63) is 29.8 Å². The number of aromatic hydroxyl groups is 1. The summed E-state index contributed by atoms with van der Waals surface area (Å²) in [6.45, 7) is 1.19. The van der Waals surface area contributed by atoms with Crippen molar-refractivity contribution in [3.8, 4) is 5.75 Å². The highest BCUT2D eigenvalue weighted by molar-refractivity contribution is 5.30. The van der Waals surface area contributed by atoms with Crippen molar-refractivity contribution in [2.24, 2.45) is 11.7 Å². The van der Waals surface area contributed by atoms with Gasteiger partial charge in [-0.25, -0.2) is 0 Å². The van der Waals surface area contributed by atoms with Crippen LogP contribution in [-0.4, -0.2) is 34.7 Å². The van der Waals surface area contributed by atoms with E-state index in [1.807, 2.05) is 12.1 Å². The lowest BCUT2D eigenvalue weighted by molar-refractivity contribution is 0.117. The van der Waals surface area contributed by atoms with Crippen molar-refractivity contribution in [1.29, 1.82) is 0 Å². The average molecular weight is 343 g/mol. The molecule has 2 saturated heterocycles. The van der Waals surface area contributed by atoms with Crippen LogP contribution in [0, 0.1) is 5.92 Å². The summed E-state index contributed by atoms with van der Waals surface area (Å²) in [7, 11) is 0. The van der Waals surface area contributed by atoms with Gasteiger partial charge in [0.25, 0.3) is 0 Å². The third kappa shape index (κ3) is 3.88. The minimum Gasteiger partial charge on any atom is -0.508 e. The molecule has 0 aromatic heterocycles. The molecule has 4 atom stereocenters. The summed E-state index contributed by atoms with van der Waals surface area (Å²) < 4.78 is 0. The topological polar surface area (TPSA) is 49.5 Å². The van der Waals surface area contributed by atoms with Gasteiger partial charge in [-0.15, -0.1) is 0 Å². The van der Waals surface area contributed by atoms with E-state index in [4.69, 9.17) is 5.73 Å². The monoisotopic (exact) mass is 342 g/mol. The number of fused-ring (bicyclic) bond motifs is 2. The lowest BCUT2D eigenvalue weighted by Crippen LogP contribution is -2.45. The maximum atomic E-state index is 9.79. The zero-order chi connectivity index (χ0) is 17.2. The highest BCUT2D eigenvalue weighted by Gasteiger charge is 2.41. The predicted molar refractivity (Wildman–Crippen MR) is 103 cm³/mol. The Kier molecular flexibility index (Phi) is 5.33. The molecule has 3 heteroatoms. The molecule has 138 valence electrons. The number of phenols is 1. The zero-order valence-corrected chi connectivity index (χ0v) is 15.4. The van der Waals surface area contributed by atoms with Crippen molar-refractivity contribution in [2.45, 2.75) is 88.3 Å². The number of piperidine rings is 1. The van der Waals surface area contributed by atoms with Gasteiger partial charge in [0.1, 0.15) is 5.75 Å². The van der Waals surface area contributed by atoms with E-state index in [-0.39, 0.29) is 0 Å². The van der Waals surface area contributed by atoms with Crippen molar-refractivity contribution in [1.82, 2.24) is 4.90 Å². The van der Waals surface area contributed by atoms with E-state index in [9.17, 15) is 5.11 Å². The Morgan fingerprint density at radius 2 is 1.76 bits per heavy atom. The highest BCUT2D eigenvalue weighted by Crippen LogP contribution is 2.43. The molecule has 3 nitrogen and oxygen atoms in total. The van der Waals surface area contributed by atoms with Crippen LogP contribution in [0.4, 0.5) is 0 Å². The van der Waals surface area contributed by atoms with Gasteiger partial charge in [0, 0.05) is 24.7 Å². The fraction of sp³-hybridized carbons (Fsp3) is 0.727. The molecule has 1 aliphatic carbocycles. The Morgan fingerprint density at radius 3 is 2.44 bits per heavy atom. The maximum absolute atomic E-state index is 9.79. The smallest absolute Gasteiger partial charge is 0.115 e. The summed E-state index contributed by atoms with van der Waals surface area (Å²) in [4.78, 5) is 2.78. The first-order valence-corrected chi connectivity index (χ1v) is 10.5. The third-order valence-corrected chi connectivity index (χ3v) is 7.20. The van der Waals surface area contributed by atoms with Crippen molar-refractivity contribution < 1.29 is 5.11 Å². The van der Waals surface area contributed by atoms with Gasteiger partial charge in [-0.1, -0.05) is 31.4 Å². The first-order chi connectivity index (χ1) is 12.2. The van der Waals surface area contributed by atoms with E-state index in [1.54, 1.807) is 6.07 Å². The van der Waals surface area contributed by atoms with E-state index >= 15 is 0 Å². The summed E-state index contributed by atoms with van der Waals surface area (Å²) in [5.74, 6) is 1.80. The van der Waals surface area contributed by atoms with Crippen molar-refractivity contribution >= 4 is 0 Å². The van der Waals surface area contributed by atoms with E-state index in [2.05, 4.69) is 11.0 Å². The van der Waals surface area contributed by atoms with Gasteiger partial charge in [0.05, 0.1) is 0 Å². The Morgan fingerprint density at radius 1 is 1.04 bits per heavy atom. The molecule has 0 radical (unpaired) electrons. The molecule has 2 heterocycles. The summed E-state index contributed by atoms with van der Waals surface area (Å²) >= 11 is 0. The Labute approximate surface area is 152 Å². The molecule has 4 rings (SSSR count). The quantitative estimate of drug-likeness (QED) is 0.834. The first-order valence-electron chi connectivity index (χ1n) is 10.5. The normalized spacial score (nSPS) is 32.0. The van der Waals surface area contributed by atoms with Crippen LogP contribution in [0.2, 0.25) is 0 Å². The van der Waals surface area contributed by atoms with Crippen molar-refractivity contribution in [2.75, 3.05) is 6.54 Å². The third-order valence-electron chi connectivity index (χ3n) is 7.20. The largest absolute Gasteiger partial charge is 0.508 e. The van der Waals surface area contributed by atoms with Gasteiger partial charge in [0.15, 0.2) is 0 Å². The lowest BCUT2D eigenvalue weighted by Gasteiger charge is -2.40. The number of phenolic OH excluding ortho intramolecular Hbond substituents is 1. The second-order valence-electron chi connectivity index (χ2n) is 8.74. The molecule has 2 aliphatic heterocycles. The van der Waals surface area contributed by atoms with E-state index in [1.165, 1.54) is 76.3 Å². The summed E-state index contributed by atoms with van der Waals surface area (Å²) in [5.41, 5.74) is 7.89. The average Bonchev–Trinajstić information content (AvgIpc) is 2.87. The van der Waals surface area contributed by atoms with Gasteiger partial charge in [-0.2, -0.15) is 0 Å². The molecule has 0 spiro atoms. The summed E-state index contributed by atoms with van der Waals surface area (Å²) in [6.07, 6.45) is 13.3. The number of nitrogens with two attached hydrogens (primary N) is 1. The summed E-state index contributed by atoms with van der Waals surface area (Å²) in [6, 6.07) is 9.79. The van der Waals surface area contributed by atoms with E-state index in [0.29, 0.717) is 17.7 Å². The van der Waals surface area contributed by atoms with Crippen LogP contribution in [0.5, 0.6) is 5.75 Å². The van der Waals surface area contributed by atoms with Gasteiger partial charge < -0.3 is 10.8 Å². The molecule has 1 aromatic rings. The fourth-order valence-corrected chi connectivity index (χ4v) is 5.79. The Balaban J connectivity index is 1.33. The fourth-order valence-electron chi connectivity index (χ4n) is 5.79. The Bertz CT molecular complexity index is 555. The molecule has 2 bridgehead atoms. The molecule has 1 saturated carbocycles. The van der Waals surface area contributed by atoms with Gasteiger partial charge in [-0.05, 0) is 74.5 Å². The van der Waals surface area contributed by atoms with Crippen LogP contribution in [0.15, 0.2) is 24.3 Å². The number of benzene rings is 1. The molecule has 0 amide bonds. The standard InChI is InChI=1S/C22H34N2O/c23-22(16-5-2-1-3-6-16)11-12-24-19-9-10-20(24)14-18(13-19)17-7-4-8-21(25)15-17/h4,7-8,15-16,18-20,22,25H,1-3,5-6,9-14,23H2/t18?,19-,20+,22?. The van der Waals surface area contributed by atoms with Crippen LogP contribution in [0.3, 0.4) is 0 Å². The molecule has 1 aromatic carbocycles. The SMILES string of the molecule is NC(CCN1[C@@H]2CC[C@H]1CC(c1cccc(O)c1)C2)C1CCCCC1. The van der Waals surface area contributed by atoms with Crippen LogP contribution >= 0.6 is 0 Å². The molecule has 2 unspecified atom stereocenters. The minimum absolute atomic E-state index is 0.406. The Hall–Kier alpha value is -1.06. The van der Waals surface area contributed by atoms with E-state index < -0.39 is 0 Å². The van der Waals surface area contributed by atoms with Gasteiger partial charge in [0.2, 0.25) is 0 Å². The predicted octanol–water partition coefficient (Wildman–Crippen LogP) is 4.40. The van der Waals surface area contributed by atoms with Crippen LogP contribution in [0.1, 0.15) is 75.7 Å². The van der Waals surface area contributed by atoms with Crippen LogP contribution < -0.4 is 5.73 Å². The van der Waals surface area contributed by atoms with Crippen molar-refractivity contribution in [3.63, 3.8) is 0 Å². The second kappa shape index (κ2) is 7.67. The molecule has 3 aliphatic rings. The lowest BCUT2D eigenvalue weighted by atomic mass is 9.82. The summed E-state index contributed by atoms with van der Waals surface area (Å²) in [5, 5.41) is 9.79. The second-order valence-corrected chi connectivity index (χ2v) is 8.74. The number of hydrogen-bond donors (Lipinski definition) is 2. The number of nitrogens with zero attached hydrogens (tertiary/aromatic N) is 1. The van der Waals surface area contributed by atoms with Gasteiger partial charge >= 0.3 is 0 Å². The molecule has 3 N–H and O–H groups in total. The molecular formula is C22H34N2O. The van der Waals surface area contributed by atoms with E-state index in [0.717, 1.165) is 18.0 Å². The van der Waals surface area contributed by atoms with Gasteiger partial charge in [-0.3, -0.25) is 4.90 Å². The molecule has 25 heavy (non-hydrogen) atoms. The van der Waals surface area contributed by atoms with Crippen LogP contribution in [0.25, 0.3) is 0 Å². The first kappa shape index (κ1) is 17.4. The number of hydrogen-bond acceptors (Lipinski definition) is 3. The molecule has 3 fully saturated rings. The zero-order valence-electron chi connectivity index (χ0n) is 15.4. The maximum Gasteiger partial charge on any atom is 0.115 e.